The zero-order valence-electron chi connectivity index (χ0n) is 18.7. The third kappa shape index (κ3) is 4.54. The van der Waals surface area contributed by atoms with Crippen molar-refractivity contribution in [2.45, 2.75) is 50.6 Å². The summed E-state index contributed by atoms with van der Waals surface area (Å²) in [7, 11) is 0. The van der Waals surface area contributed by atoms with Gasteiger partial charge >= 0.3 is 12.4 Å². The highest BCUT2D eigenvalue weighted by atomic mass is 19.4. The molecule has 36 heavy (non-hydrogen) atoms. The van der Waals surface area contributed by atoms with Crippen molar-refractivity contribution < 1.29 is 31.1 Å². The molecule has 1 aliphatic heterocycles. The van der Waals surface area contributed by atoms with Crippen molar-refractivity contribution in [3.63, 3.8) is 0 Å². The summed E-state index contributed by atoms with van der Waals surface area (Å²) in [5.41, 5.74) is 0.478. The van der Waals surface area contributed by atoms with Gasteiger partial charge in [0, 0.05) is 42.2 Å². The molecule has 0 radical (unpaired) electrons. The molecule has 4 heterocycles. The van der Waals surface area contributed by atoms with Crippen LogP contribution in [-0.2, 0) is 10.9 Å². The molecule has 6 nitrogen and oxygen atoms in total. The summed E-state index contributed by atoms with van der Waals surface area (Å²) in [5.74, 6) is -0.0355. The highest BCUT2D eigenvalue weighted by Crippen LogP contribution is 2.43. The normalized spacial score (nSPS) is 20.6. The zero-order chi connectivity index (χ0) is 25.8. The number of ether oxygens (including phenoxy) is 1. The van der Waals surface area contributed by atoms with Crippen LogP contribution in [0, 0.1) is 6.92 Å². The molecule has 0 saturated carbocycles. The highest BCUT2D eigenvalue weighted by molar-refractivity contribution is 5.90. The number of halogens is 6. The van der Waals surface area contributed by atoms with E-state index in [1.807, 2.05) is 0 Å². The minimum absolute atomic E-state index is 0.0256. The number of nitrogens with one attached hydrogen (secondary N) is 1. The number of hydrogen-bond acceptors (Lipinski definition) is 5. The summed E-state index contributed by atoms with van der Waals surface area (Å²) in [6.07, 6.45) is -7.76. The fraction of sp³-hybridized carbons (Fsp3) is 0.375. The van der Waals surface area contributed by atoms with Crippen LogP contribution in [0.3, 0.4) is 0 Å². The van der Waals surface area contributed by atoms with E-state index in [9.17, 15) is 31.1 Å². The zero-order valence-corrected chi connectivity index (χ0v) is 18.7. The second kappa shape index (κ2) is 8.56. The minimum atomic E-state index is -4.70. The first kappa shape index (κ1) is 24.2. The number of nitrogens with zero attached hydrogens (tertiary/aromatic N) is 3. The highest BCUT2D eigenvalue weighted by Gasteiger charge is 2.40. The van der Waals surface area contributed by atoms with Gasteiger partial charge in [-0.3, -0.25) is 4.79 Å². The molecule has 2 aliphatic rings. The molecule has 0 amide bonds. The lowest BCUT2D eigenvalue weighted by atomic mass is 9.90. The lowest BCUT2D eigenvalue weighted by Gasteiger charge is -2.29. The number of aryl methyl sites for hydroxylation is 1. The first-order chi connectivity index (χ1) is 16.9. The number of allylic oxidation sites excluding steroid dienone is 1. The van der Waals surface area contributed by atoms with Gasteiger partial charge in [-0.2, -0.15) is 26.3 Å². The number of alkyl halides is 6. The quantitative estimate of drug-likeness (QED) is 0.371. The Balaban J connectivity index is 1.62. The van der Waals surface area contributed by atoms with Crippen LogP contribution in [0.2, 0.25) is 0 Å². The molecular formula is C24H18F6N4O2. The fourth-order valence-corrected chi connectivity index (χ4v) is 4.40. The van der Waals surface area contributed by atoms with E-state index in [0.717, 1.165) is 11.6 Å². The fourth-order valence-electron chi connectivity index (χ4n) is 4.40. The number of aromatic amines is 1. The van der Waals surface area contributed by atoms with E-state index in [4.69, 9.17) is 4.74 Å². The van der Waals surface area contributed by atoms with Gasteiger partial charge in [-0.25, -0.2) is 15.0 Å². The number of fused-ring (bicyclic) bond motifs is 1. The SMILES string of the molecule is Cc1nc2nc(C3CCOC(c4ccc(=O)[nH]c4)C3)nc(C3=C=C(C(F)(F)F)C3)c2cc1C(F)(F)F. The van der Waals surface area contributed by atoms with Crippen LogP contribution in [0.1, 0.15) is 59.6 Å². The first-order valence-electron chi connectivity index (χ1n) is 11.0. The Morgan fingerprint density at radius 1 is 1.08 bits per heavy atom. The van der Waals surface area contributed by atoms with E-state index >= 15 is 0 Å². The Labute approximate surface area is 199 Å². The Bertz CT molecular complexity index is 1460. The lowest BCUT2D eigenvalue weighted by molar-refractivity contribution is -0.138. The molecule has 0 bridgehead atoms. The number of hydrogen-bond donors (Lipinski definition) is 1. The second-order valence-corrected chi connectivity index (χ2v) is 8.74. The van der Waals surface area contributed by atoms with E-state index < -0.39 is 36.0 Å². The van der Waals surface area contributed by atoms with E-state index in [0.29, 0.717) is 19.4 Å². The molecule has 1 aliphatic carbocycles. The van der Waals surface area contributed by atoms with Crippen LogP contribution in [-0.4, -0.2) is 32.7 Å². The average molecular weight is 508 g/mol. The number of rotatable bonds is 3. The number of H-pyrrole nitrogens is 1. The monoisotopic (exact) mass is 508 g/mol. The van der Waals surface area contributed by atoms with E-state index in [2.05, 4.69) is 25.7 Å². The lowest BCUT2D eigenvalue weighted by Crippen LogP contribution is -2.22. The third-order valence-electron chi connectivity index (χ3n) is 6.31. The molecule has 1 fully saturated rings. The van der Waals surface area contributed by atoms with Crippen molar-refractivity contribution in [1.29, 1.82) is 0 Å². The van der Waals surface area contributed by atoms with Crippen molar-refractivity contribution in [2.24, 2.45) is 0 Å². The van der Waals surface area contributed by atoms with Gasteiger partial charge in [0.1, 0.15) is 5.82 Å². The Kier molecular flexibility index (Phi) is 5.76. The smallest absolute Gasteiger partial charge is 0.373 e. The van der Waals surface area contributed by atoms with Gasteiger partial charge in [-0.15, -0.1) is 5.73 Å². The molecule has 0 aromatic carbocycles. The van der Waals surface area contributed by atoms with Crippen LogP contribution in [0.5, 0.6) is 0 Å². The van der Waals surface area contributed by atoms with Crippen LogP contribution in [0.4, 0.5) is 26.3 Å². The average Bonchev–Trinajstić information content (AvgIpc) is 2.76. The van der Waals surface area contributed by atoms with Gasteiger partial charge in [0.25, 0.3) is 0 Å². The summed E-state index contributed by atoms with van der Waals surface area (Å²) in [5, 5.41) is -0.0790. The Hall–Kier alpha value is -3.50. The van der Waals surface area contributed by atoms with Gasteiger partial charge in [-0.05, 0) is 37.5 Å². The molecule has 188 valence electrons. The molecule has 0 spiro atoms. The van der Waals surface area contributed by atoms with Gasteiger partial charge in [0.05, 0.1) is 28.6 Å². The Morgan fingerprint density at radius 3 is 2.47 bits per heavy atom. The maximum atomic E-state index is 13.5. The molecule has 12 heteroatoms. The van der Waals surface area contributed by atoms with Crippen molar-refractivity contribution in [1.82, 2.24) is 19.9 Å². The minimum Gasteiger partial charge on any atom is -0.373 e. The van der Waals surface area contributed by atoms with Crippen LogP contribution in [0.15, 0.2) is 40.5 Å². The summed E-state index contributed by atoms with van der Waals surface area (Å²) >= 11 is 0. The molecule has 2 atom stereocenters. The predicted octanol–water partition coefficient (Wildman–Crippen LogP) is 5.55. The van der Waals surface area contributed by atoms with Gasteiger partial charge in [0.2, 0.25) is 5.56 Å². The number of aromatic nitrogens is 4. The summed E-state index contributed by atoms with van der Waals surface area (Å²) in [6, 6.07) is 3.83. The maximum absolute atomic E-state index is 13.5. The predicted molar refractivity (Wildman–Crippen MR) is 116 cm³/mol. The van der Waals surface area contributed by atoms with E-state index in [-0.39, 0.29) is 45.3 Å². The molecule has 1 N–H and O–H groups in total. The van der Waals surface area contributed by atoms with Crippen LogP contribution < -0.4 is 5.56 Å². The molecular weight excluding hydrogens is 490 g/mol. The van der Waals surface area contributed by atoms with Crippen molar-refractivity contribution >= 4 is 16.6 Å². The second-order valence-electron chi connectivity index (χ2n) is 8.74. The maximum Gasteiger partial charge on any atom is 0.420 e. The standard InChI is InChI=1S/C24H18F6N4O2/c1-11-17(24(28,29)30)9-16-20(14-6-15(7-14)23(25,26)27)33-21(34-22(16)32-11)12-4-5-36-18(8-12)13-2-3-19(35)31-10-13/h2-3,9-10,12,18H,4-6,8H2,1H3,(H,31,35). The molecule has 1 saturated heterocycles. The summed E-state index contributed by atoms with van der Waals surface area (Å²) < 4.78 is 85.5. The van der Waals surface area contributed by atoms with Gasteiger partial charge < -0.3 is 9.72 Å². The number of pyridine rings is 2. The molecule has 3 aromatic heterocycles. The van der Waals surface area contributed by atoms with E-state index in [1.165, 1.54) is 19.2 Å². The van der Waals surface area contributed by atoms with Crippen LogP contribution >= 0.6 is 0 Å². The van der Waals surface area contributed by atoms with Crippen molar-refractivity contribution in [2.75, 3.05) is 6.61 Å². The Morgan fingerprint density at radius 2 is 1.83 bits per heavy atom. The molecule has 5 rings (SSSR count). The van der Waals surface area contributed by atoms with E-state index in [1.54, 1.807) is 6.07 Å². The van der Waals surface area contributed by atoms with Gasteiger partial charge in [-0.1, -0.05) is 0 Å². The third-order valence-corrected chi connectivity index (χ3v) is 6.31. The summed E-state index contributed by atoms with van der Waals surface area (Å²) in [6.45, 7) is 1.53. The summed E-state index contributed by atoms with van der Waals surface area (Å²) in [4.78, 5) is 26.9. The van der Waals surface area contributed by atoms with Crippen LogP contribution in [0.25, 0.3) is 16.6 Å². The van der Waals surface area contributed by atoms with Gasteiger partial charge in [0.15, 0.2) is 5.65 Å². The van der Waals surface area contributed by atoms with Crippen molar-refractivity contribution in [3.8, 4) is 0 Å². The molecule has 2 unspecified atom stereocenters. The first-order valence-corrected chi connectivity index (χ1v) is 11.0. The topological polar surface area (TPSA) is 80.8 Å². The molecule has 3 aromatic rings. The largest absolute Gasteiger partial charge is 0.420 e. The van der Waals surface area contributed by atoms with Crippen molar-refractivity contribution in [3.05, 3.63) is 74.4 Å².